The minimum absolute atomic E-state index is 0.150. The predicted octanol–water partition coefficient (Wildman–Crippen LogP) is 4.01. The SMILES string of the molecule is Cc1cc(C(=O)N2CCc3ccccc32)nc(Nc2ccc(F)c(F)c2)n1. The number of para-hydroxylation sites is 1. The van der Waals surface area contributed by atoms with Gasteiger partial charge in [0, 0.05) is 29.7 Å². The molecule has 136 valence electrons. The van der Waals surface area contributed by atoms with Gasteiger partial charge < -0.3 is 10.2 Å². The zero-order valence-electron chi connectivity index (χ0n) is 14.5. The van der Waals surface area contributed by atoms with Crippen LogP contribution in [-0.2, 0) is 6.42 Å². The van der Waals surface area contributed by atoms with Gasteiger partial charge in [0.15, 0.2) is 11.6 Å². The standard InChI is InChI=1S/C20H16F2N4O/c1-12-10-17(19(27)26-9-8-13-4-2-3-5-18(13)26)25-20(23-12)24-14-6-7-15(21)16(22)11-14/h2-7,10-11H,8-9H2,1H3,(H,23,24,25). The van der Waals surface area contributed by atoms with Crippen molar-refractivity contribution in [2.75, 3.05) is 16.8 Å². The molecule has 0 unspecified atom stereocenters. The Balaban J connectivity index is 1.62. The van der Waals surface area contributed by atoms with E-state index in [1.165, 1.54) is 6.07 Å². The van der Waals surface area contributed by atoms with Crippen molar-refractivity contribution in [3.8, 4) is 0 Å². The molecule has 4 rings (SSSR count). The number of amides is 1. The van der Waals surface area contributed by atoms with Crippen LogP contribution in [0.25, 0.3) is 0 Å². The van der Waals surface area contributed by atoms with E-state index in [2.05, 4.69) is 15.3 Å². The van der Waals surface area contributed by atoms with Crippen molar-refractivity contribution in [1.29, 1.82) is 0 Å². The summed E-state index contributed by atoms with van der Waals surface area (Å²) >= 11 is 0. The zero-order valence-corrected chi connectivity index (χ0v) is 14.5. The Kier molecular flexibility index (Phi) is 4.27. The molecule has 0 spiro atoms. The van der Waals surface area contributed by atoms with Gasteiger partial charge >= 0.3 is 0 Å². The molecule has 1 N–H and O–H groups in total. The molecule has 1 aromatic heterocycles. The Morgan fingerprint density at radius 1 is 1.07 bits per heavy atom. The van der Waals surface area contributed by atoms with E-state index in [1.54, 1.807) is 17.9 Å². The van der Waals surface area contributed by atoms with Gasteiger partial charge in [0.1, 0.15) is 5.69 Å². The molecule has 0 atom stereocenters. The number of fused-ring (bicyclic) bond motifs is 1. The second-order valence-corrected chi connectivity index (χ2v) is 6.31. The van der Waals surface area contributed by atoms with Gasteiger partial charge in [-0.15, -0.1) is 0 Å². The van der Waals surface area contributed by atoms with Gasteiger partial charge in [0.2, 0.25) is 5.95 Å². The molecule has 0 aliphatic carbocycles. The third-order valence-electron chi connectivity index (χ3n) is 4.38. The second kappa shape index (κ2) is 6.75. The Morgan fingerprint density at radius 2 is 1.89 bits per heavy atom. The van der Waals surface area contributed by atoms with Crippen LogP contribution in [0, 0.1) is 18.6 Å². The van der Waals surface area contributed by atoms with E-state index in [1.807, 2.05) is 24.3 Å². The van der Waals surface area contributed by atoms with Gasteiger partial charge in [-0.25, -0.2) is 18.7 Å². The highest BCUT2D eigenvalue weighted by atomic mass is 19.2. The van der Waals surface area contributed by atoms with Crippen LogP contribution < -0.4 is 10.2 Å². The maximum absolute atomic E-state index is 13.4. The normalized spacial score (nSPS) is 12.8. The van der Waals surface area contributed by atoms with Crippen molar-refractivity contribution in [2.24, 2.45) is 0 Å². The molecule has 0 bridgehead atoms. The minimum Gasteiger partial charge on any atom is -0.324 e. The molecule has 1 amide bonds. The number of hydrogen-bond acceptors (Lipinski definition) is 4. The largest absolute Gasteiger partial charge is 0.324 e. The van der Waals surface area contributed by atoms with Crippen molar-refractivity contribution in [3.63, 3.8) is 0 Å². The first-order valence-corrected chi connectivity index (χ1v) is 8.49. The number of carbonyl (C=O) groups excluding carboxylic acids is 1. The number of hydrogen-bond donors (Lipinski definition) is 1. The van der Waals surface area contributed by atoms with Crippen LogP contribution in [0.4, 0.5) is 26.1 Å². The summed E-state index contributed by atoms with van der Waals surface area (Å²) in [5.74, 6) is -1.98. The third-order valence-corrected chi connectivity index (χ3v) is 4.38. The van der Waals surface area contributed by atoms with Crippen LogP contribution >= 0.6 is 0 Å². The minimum atomic E-state index is -0.974. The van der Waals surface area contributed by atoms with Crippen molar-refractivity contribution in [3.05, 3.63) is 77.1 Å². The number of anilines is 3. The van der Waals surface area contributed by atoms with E-state index < -0.39 is 11.6 Å². The van der Waals surface area contributed by atoms with E-state index in [9.17, 15) is 13.6 Å². The van der Waals surface area contributed by atoms with Crippen LogP contribution in [0.3, 0.4) is 0 Å². The molecule has 27 heavy (non-hydrogen) atoms. The van der Waals surface area contributed by atoms with Crippen LogP contribution in [0.5, 0.6) is 0 Å². The average Bonchev–Trinajstić information content (AvgIpc) is 3.08. The van der Waals surface area contributed by atoms with Crippen LogP contribution in [0.1, 0.15) is 21.7 Å². The van der Waals surface area contributed by atoms with E-state index in [4.69, 9.17) is 0 Å². The topological polar surface area (TPSA) is 58.1 Å². The lowest BCUT2D eigenvalue weighted by Gasteiger charge is -2.17. The Labute approximate surface area is 154 Å². The lowest BCUT2D eigenvalue weighted by atomic mass is 10.2. The Hall–Kier alpha value is -3.35. The van der Waals surface area contributed by atoms with Crippen LogP contribution in [-0.4, -0.2) is 22.4 Å². The summed E-state index contributed by atoms with van der Waals surface area (Å²) in [6, 6.07) is 12.8. The molecule has 3 aromatic rings. The molecule has 1 aliphatic heterocycles. The predicted molar refractivity (Wildman–Crippen MR) is 98.2 cm³/mol. The fraction of sp³-hybridized carbons (Fsp3) is 0.150. The number of aromatic nitrogens is 2. The van der Waals surface area contributed by atoms with Crippen LogP contribution in [0.15, 0.2) is 48.5 Å². The number of benzene rings is 2. The molecule has 0 saturated heterocycles. The highest BCUT2D eigenvalue weighted by Gasteiger charge is 2.26. The van der Waals surface area contributed by atoms with E-state index in [0.717, 1.165) is 29.8 Å². The molecule has 0 radical (unpaired) electrons. The highest BCUT2D eigenvalue weighted by Crippen LogP contribution is 2.29. The monoisotopic (exact) mass is 366 g/mol. The number of rotatable bonds is 3. The fourth-order valence-corrected chi connectivity index (χ4v) is 3.12. The van der Waals surface area contributed by atoms with Gasteiger partial charge in [-0.2, -0.15) is 0 Å². The van der Waals surface area contributed by atoms with Crippen LogP contribution in [0.2, 0.25) is 0 Å². The Bertz CT molecular complexity index is 1040. The van der Waals surface area contributed by atoms with E-state index in [0.29, 0.717) is 17.9 Å². The first-order valence-electron chi connectivity index (χ1n) is 8.49. The summed E-state index contributed by atoms with van der Waals surface area (Å²) < 4.78 is 26.5. The first-order chi connectivity index (χ1) is 13.0. The van der Waals surface area contributed by atoms with Crippen molar-refractivity contribution in [2.45, 2.75) is 13.3 Å². The number of nitrogens with one attached hydrogen (secondary N) is 1. The quantitative estimate of drug-likeness (QED) is 0.761. The zero-order chi connectivity index (χ0) is 19.0. The summed E-state index contributed by atoms with van der Waals surface area (Å²) in [6.07, 6.45) is 0.798. The lowest BCUT2D eigenvalue weighted by molar-refractivity contribution is 0.0984. The maximum atomic E-state index is 13.4. The molecular formula is C20H16F2N4O. The third kappa shape index (κ3) is 3.36. The molecule has 2 heterocycles. The Morgan fingerprint density at radius 3 is 2.70 bits per heavy atom. The average molecular weight is 366 g/mol. The summed E-state index contributed by atoms with van der Waals surface area (Å²) in [6.45, 7) is 2.33. The van der Waals surface area contributed by atoms with E-state index >= 15 is 0 Å². The molecule has 2 aromatic carbocycles. The number of aryl methyl sites for hydroxylation is 1. The molecule has 0 fully saturated rings. The van der Waals surface area contributed by atoms with Crippen molar-refractivity contribution >= 4 is 23.2 Å². The second-order valence-electron chi connectivity index (χ2n) is 6.31. The lowest BCUT2D eigenvalue weighted by Crippen LogP contribution is -2.30. The van der Waals surface area contributed by atoms with Gasteiger partial charge in [0.05, 0.1) is 0 Å². The van der Waals surface area contributed by atoms with E-state index in [-0.39, 0.29) is 17.5 Å². The summed E-state index contributed by atoms with van der Waals surface area (Å²) in [5, 5.41) is 2.82. The number of nitrogens with zero attached hydrogens (tertiary/aromatic N) is 3. The molecule has 0 saturated carbocycles. The fourth-order valence-electron chi connectivity index (χ4n) is 3.12. The van der Waals surface area contributed by atoms with Gasteiger partial charge in [0.25, 0.3) is 5.91 Å². The summed E-state index contributed by atoms with van der Waals surface area (Å²) in [4.78, 5) is 23.2. The summed E-state index contributed by atoms with van der Waals surface area (Å²) in [5.41, 5.74) is 3.13. The van der Waals surface area contributed by atoms with Gasteiger partial charge in [-0.05, 0) is 43.2 Å². The number of carbonyl (C=O) groups is 1. The molecule has 5 nitrogen and oxygen atoms in total. The van der Waals surface area contributed by atoms with Gasteiger partial charge in [-0.1, -0.05) is 18.2 Å². The maximum Gasteiger partial charge on any atom is 0.277 e. The highest BCUT2D eigenvalue weighted by molar-refractivity contribution is 6.06. The first kappa shape index (κ1) is 17.1. The molecule has 7 heteroatoms. The molecular weight excluding hydrogens is 350 g/mol. The van der Waals surface area contributed by atoms with Gasteiger partial charge in [-0.3, -0.25) is 4.79 Å². The van der Waals surface area contributed by atoms with Crippen molar-refractivity contribution < 1.29 is 13.6 Å². The number of halogens is 2. The smallest absolute Gasteiger partial charge is 0.277 e. The van der Waals surface area contributed by atoms with Crippen molar-refractivity contribution in [1.82, 2.24) is 9.97 Å². The summed E-state index contributed by atoms with van der Waals surface area (Å²) in [7, 11) is 0. The molecule has 1 aliphatic rings.